The minimum absolute atomic E-state index is 0.0666. The minimum atomic E-state index is 0.0666. The fraction of sp³-hybridized carbons (Fsp3) is 0.611. The number of hydrogen-bond donors (Lipinski definition) is 1. The Balaban J connectivity index is 2.02. The first-order valence-electron chi connectivity index (χ1n) is 8.18. The Kier molecular flexibility index (Phi) is 6.10. The third kappa shape index (κ3) is 4.15. The van der Waals surface area contributed by atoms with Crippen LogP contribution in [-0.2, 0) is 11.2 Å². The molecule has 122 valence electrons. The molecule has 0 spiro atoms. The van der Waals surface area contributed by atoms with Crippen LogP contribution >= 0.6 is 0 Å². The summed E-state index contributed by atoms with van der Waals surface area (Å²) in [5.74, 6) is 2.15. The van der Waals surface area contributed by atoms with Crippen molar-refractivity contribution in [1.82, 2.24) is 5.32 Å². The van der Waals surface area contributed by atoms with Crippen LogP contribution in [0.4, 0.5) is 0 Å². The topological polar surface area (TPSA) is 47.6 Å². The molecule has 1 fully saturated rings. The van der Waals surface area contributed by atoms with Crippen LogP contribution in [0.2, 0.25) is 0 Å². The molecule has 0 heterocycles. The highest BCUT2D eigenvalue weighted by Crippen LogP contribution is 2.28. The summed E-state index contributed by atoms with van der Waals surface area (Å²) < 4.78 is 10.6. The molecule has 2 rings (SSSR count). The van der Waals surface area contributed by atoms with Crippen molar-refractivity contribution in [2.75, 3.05) is 14.2 Å². The number of carbonyl (C=O) groups is 1. The number of ether oxygens (including phenoxy) is 2. The highest BCUT2D eigenvalue weighted by molar-refractivity contribution is 5.79. The number of methoxy groups -OCH3 is 2. The monoisotopic (exact) mass is 305 g/mol. The Hall–Kier alpha value is -1.71. The van der Waals surface area contributed by atoms with Crippen LogP contribution in [0.1, 0.15) is 44.6 Å². The molecule has 1 aromatic rings. The van der Waals surface area contributed by atoms with Gasteiger partial charge in [0.2, 0.25) is 5.91 Å². The second-order valence-corrected chi connectivity index (χ2v) is 5.98. The van der Waals surface area contributed by atoms with Gasteiger partial charge < -0.3 is 14.8 Å². The standard InChI is InChI=1S/C18H27NO3/c1-4-13-7-5-6-8-16(13)19-18(20)12-14-11-15(21-2)9-10-17(14)22-3/h9-11,13,16H,4-8,12H2,1-3H3,(H,19,20). The van der Waals surface area contributed by atoms with Crippen molar-refractivity contribution in [3.05, 3.63) is 23.8 Å². The molecule has 2 unspecified atom stereocenters. The molecular weight excluding hydrogens is 278 g/mol. The lowest BCUT2D eigenvalue weighted by atomic mass is 9.83. The van der Waals surface area contributed by atoms with E-state index in [-0.39, 0.29) is 5.91 Å². The summed E-state index contributed by atoms with van der Waals surface area (Å²) in [7, 11) is 3.25. The molecular formula is C18H27NO3. The lowest BCUT2D eigenvalue weighted by Crippen LogP contribution is -2.42. The van der Waals surface area contributed by atoms with Crippen molar-refractivity contribution in [2.45, 2.75) is 51.5 Å². The summed E-state index contributed by atoms with van der Waals surface area (Å²) in [5.41, 5.74) is 0.864. The van der Waals surface area contributed by atoms with E-state index in [2.05, 4.69) is 12.2 Å². The first-order valence-corrected chi connectivity index (χ1v) is 8.18. The predicted molar refractivity (Wildman–Crippen MR) is 87.4 cm³/mol. The molecule has 1 aromatic carbocycles. The molecule has 0 aliphatic heterocycles. The maximum atomic E-state index is 12.4. The number of hydrogen-bond acceptors (Lipinski definition) is 3. The lowest BCUT2D eigenvalue weighted by Gasteiger charge is -2.31. The van der Waals surface area contributed by atoms with Gasteiger partial charge in [0, 0.05) is 11.6 Å². The summed E-state index contributed by atoms with van der Waals surface area (Å²) in [6.07, 6.45) is 6.28. The van der Waals surface area contributed by atoms with Crippen LogP contribution in [0.25, 0.3) is 0 Å². The summed E-state index contributed by atoms with van der Waals surface area (Å²) >= 11 is 0. The Morgan fingerprint density at radius 3 is 2.68 bits per heavy atom. The molecule has 0 radical (unpaired) electrons. The third-order valence-corrected chi connectivity index (χ3v) is 4.62. The first-order chi connectivity index (χ1) is 10.7. The van der Waals surface area contributed by atoms with Gasteiger partial charge in [-0.15, -0.1) is 0 Å². The molecule has 1 aliphatic rings. The zero-order valence-corrected chi connectivity index (χ0v) is 13.9. The summed E-state index contributed by atoms with van der Waals surface area (Å²) in [6.45, 7) is 2.21. The van der Waals surface area contributed by atoms with E-state index >= 15 is 0 Å². The van der Waals surface area contributed by atoms with Gasteiger partial charge in [0.25, 0.3) is 0 Å². The summed E-state index contributed by atoms with van der Waals surface area (Å²) in [6, 6.07) is 5.88. The molecule has 0 saturated heterocycles. The molecule has 4 heteroatoms. The van der Waals surface area contributed by atoms with E-state index < -0.39 is 0 Å². The van der Waals surface area contributed by atoms with Crippen molar-refractivity contribution in [1.29, 1.82) is 0 Å². The Labute approximate surface area is 133 Å². The average Bonchev–Trinajstić information content (AvgIpc) is 2.55. The first kappa shape index (κ1) is 16.7. The van der Waals surface area contributed by atoms with E-state index in [1.165, 1.54) is 19.3 Å². The van der Waals surface area contributed by atoms with E-state index in [0.29, 0.717) is 18.4 Å². The van der Waals surface area contributed by atoms with Gasteiger partial charge in [-0.3, -0.25) is 4.79 Å². The average molecular weight is 305 g/mol. The zero-order chi connectivity index (χ0) is 15.9. The quantitative estimate of drug-likeness (QED) is 0.877. The maximum Gasteiger partial charge on any atom is 0.224 e. The van der Waals surface area contributed by atoms with E-state index in [9.17, 15) is 4.79 Å². The molecule has 1 aliphatic carbocycles. The van der Waals surface area contributed by atoms with Crippen molar-refractivity contribution < 1.29 is 14.3 Å². The Bertz CT molecular complexity index is 501. The Morgan fingerprint density at radius 2 is 2.00 bits per heavy atom. The second-order valence-electron chi connectivity index (χ2n) is 5.98. The van der Waals surface area contributed by atoms with Crippen LogP contribution < -0.4 is 14.8 Å². The van der Waals surface area contributed by atoms with Gasteiger partial charge in [0.1, 0.15) is 11.5 Å². The SMILES string of the molecule is CCC1CCCCC1NC(=O)Cc1cc(OC)ccc1OC. The van der Waals surface area contributed by atoms with E-state index in [1.54, 1.807) is 14.2 Å². The van der Waals surface area contributed by atoms with Crippen LogP contribution in [0.15, 0.2) is 18.2 Å². The van der Waals surface area contributed by atoms with Crippen molar-refractivity contribution in [3.63, 3.8) is 0 Å². The molecule has 2 atom stereocenters. The number of nitrogens with one attached hydrogen (secondary N) is 1. The maximum absolute atomic E-state index is 12.4. The molecule has 1 N–H and O–H groups in total. The molecule has 1 amide bonds. The van der Waals surface area contributed by atoms with Gasteiger partial charge in [-0.05, 0) is 37.0 Å². The van der Waals surface area contributed by atoms with Crippen LogP contribution in [0.5, 0.6) is 11.5 Å². The molecule has 0 bridgehead atoms. The highest BCUT2D eigenvalue weighted by Gasteiger charge is 2.25. The van der Waals surface area contributed by atoms with Crippen LogP contribution in [0, 0.1) is 5.92 Å². The number of amides is 1. The minimum Gasteiger partial charge on any atom is -0.497 e. The molecule has 1 saturated carbocycles. The largest absolute Gasteiger partial charge is 0.497 e. The van der Waals surface area contributed by atoms with Gasteiger partial charge >= 0.3 is 0 Å². The van der Waals surface area contributed by atoms with Gasteiger partial charge in [-0.25, -0.2) is 0 Å². The highest BCUT2D eigenvalue weighted by atomic mass is 16.5. The van der Waals surface area contributed by atoms with Gasteiger partial charge in [-0.2, -0.15) is 0 Å². The van der Waals surface area contributed by atoms with Gasteiger partial charge in [-0.1, -0.05) is 26.2 Å². The molecule has 0 aromatic heterocycles. The van der Waals surface area contributed by atoms with E-state index in [0.717, 1.165) is 29.9 Å². The second kappa shape index (κ2) is 8.06. The summed E-state index contributed by atoms with van der Waals surface area (Å²) in [4.78, 5) is 12.4. The lowest BCUT2D eigenvalue weighted by molar-refractivity contribution is -0.121. The van der Waals surface area contributed by atoms with Gasteiger partial charge in [0.05, 0.1) is 20.6 Å². The number of carbonyl (C=O) groups excluding carboxylic acids is 1. The normalized spacial score (nSPS) is 21.2. The third-order valence-electron chi connectivity index (χ3n) is 4.62. The van der Waals surface area contributed by atoms with E-state index in [4.69, 9.17) is 9.47 Å². The van der Waals surface area contributed by atoms with Crippen molar-refractivity contribution >= 4 is 5.91 Å². The van der Waals surface area contributed by atoms with Crippen LogP contribution in [0.3, 0.4) is 0 Å². The predicted octanol–water partition coefficient (Wildman–Crippen LogP) is 3.33. The number of rotatable bonds is 6. The fourth-order valence-electron chi connectivity index (χ4n) is 3.34. The zero-order valence-electron chi connectivity index (χ0n) is 13.9. The fourth-order valence-corrected chi connectivity index (χ4v) is 3.34. The van der Waals surface area contributed by atoms with Crippen molar-refractivity contribution in [2.24, 2.45) is 5.92 Å². The molecule has 22 heavy (non-hydrogen) atoms. The van der Waals surface area contributed by atoms with Crippen molar-refractivity contribution in [3.8, 4) is 11.5 Å². The van der Waals surface area contributed by atoms with Gasteiger partial charge in [0.15, 0.2) is 0 Å². The molecule has 4 nitrogen and oxygen atoms in total. The number of benzene rings is 1. The van der Waals surface area contributed by atoms with Crippen LogP contribution in [-0.4, -0.2) is 26.2 Å². The van der Waals surface area contributed by atoms with E-state index in [1.807, 2.05) is 18.2 Å². The Morgan fingerprint density at radius 1 is 1.23 bits per heavy atom. The summed E-state index contributed by atoms with van der Waals surface area (Å²) in [5, 5.41) is 3.22. The smallest absolute Gasteiger partial charge is 0.224 e.